The number of hydrogen-bond donors (Lipinski definition) is 0. The van der Waals surface area contributed by atoms with E-state index in [0.29, 0.717) is 6.04 Å². The van der Waals surface area contributed by atoms with E-state index in [1.807, 2.05) is 0 Å². The molecular weight excluding hydrogens is 170 g/mol. The molecule has 1 saturated heterocycles. The predicted octanol–water partition coefficient (Wildman–Crippen LogP) is 3.54. The van der Waals surface area contributed by atoms with Crippen molar-refractivity contribution >= 4 is 0 Å². The zero-order valence-electron chi connectivity index (χ0n) is 10.7. The molecule has 1 aliphatic heterocycles. The third-order valence-corrected chi connectivity index (χ3v) is 3.66. The fraction of sp³-hybridized carbons (Fsp3) is 1.00. The highest BCUT2D eigenvalue weighted by molar-refractivity contribution is 4.92. The third-order valence-electron chi connectivity index (χ3n) is 3.66. The van der Waals surface area contributed by atoms with Crippen LogP contribution in [0.25, 0.3) is 0 Å². The third kappa shape index (κ3) is 2.31. The first kappa shape index (κ1) is 12.0. The monoisotopic (exact) mass is 197 g/mol. The summed E-state index contributed by atoms with van der Waals surface area (Å²) in [5, 5.41) is 0. The van der Waals surface area contributed by atoms with E-state index in [1.54, 1.807) is 0 Å². The van der Waals surface area contributed by atoms with Gasteiger partial charge in [-0.15, -0.1) is 0 Å². The van der Waals surface area contributed by atoms with E-state index in [0.717, 1.165) is 23.9 Å². The van der Waals surface area contributed by atoms with Crippen LogP contribution >= 0.6 is 0 Å². The van der Waals surface area contributed by atoms with Crippen molar-refractivity contribution in [1.82, 2.24) is 4.90 Å². The number of nitrogens with zero attached hydrogens (tertiary/aromatic N) is 1. The fourth-order valence-electron chi connectivity index (χ4n) is 3.01. The standard InChI is InChI=1S/C13H27N/c1-9(2)12-7-8-13(10(3)4)14(12)11(5)6/h9-13H,7-8H2,1-6H3/t12-,13+. The number of hydrogen-bond acceptors (Lipinski definition) is 1. The molecule has 0 N–H and O–H groups in total. The van der Waals surface area contributed by atoms with Gasteiger partial charge in [-0.05, 0) is 38.5 Å². The Hall–Kier alpha value is -0.0400. The molecular formula is C13H27N. The number of likely N-dealkylation sites (tertiary alicyclic amines) is 1. The van der Waals surface area contributed by atoms with Gasteiger partial charge < -0.3 is 0 Å². The Kier molecular flexibility index (Phi) is 4.00. The molecule has 0 aliphatic carbocycles. The first-order valence-corrected chi connectivity index (χ1v) is 6.22. The Labute approximate surface area is 89.9 Å². The van der Waals surface area contributed by atoms with Gasteiger partial charge in [0, 0.05) is 18.1 Å². The lowest BCUT2D eigenvalue weighted by atomic mass is 10.0. The molecule has 0 amide bonds. The maximum atomic E-state index is 2.76. The molecule has 0 saturated carbocycles. The molecule has 1 aliphatic rings. The first-order chi connectivity index (χ1) is 6.45. The summed E-state index contributed by atoms with van der Waals surface area (Å²) in [7, 11) is 0. The van der Waals surface area contributed by atoms with Gasteiger partial charge in [0.15, 0.2) is 0 Å². The second kappa shape index (κ2) is 4.65. The minimum Gasteiger partial charge on any atom is -0.295 e. The minimum atomic E-state index is 0.706. The first-order valence-electron chi connectivity index (χ1n) is 6.22. The van der Waals surface area contributed by atoms with E-state index >= 15 is 0 Å². The van der Waals surface area contributed by atoms with Crippen molar-refractivity contribution in [2.24, 2.45) is 11.8 Å². The molecule has 1 nitrogen and oxygen atoms in total. The quantitative estimate of drug-likeness (QED) is 0.669. The molecule has 0 radical (unpaired) electrons. The van der Waals surface area contributed by atoms with Gasteiger partial charge in [0.2, 0.25) is 0 Å². The Morgan fingerprint density at radius 1 is 0.786 bits per heavy atom. The molecule has 0 unspecified atom stereocenters. The van der Waals surface area contributed by atoms with Crippen LogP contribution in [0.15, 0.2) is 0 Å². The van der Waals surface area contributed by atoms with Crippen LogP contribution in [0.1, 0.15) is 54.4 Å². The average Bonchev–Trinajstić information content (AvgIpc) is 2.46. The van der Waals surface area contributed by atoms with Gasteiger partial charge in [-0.1, -0.05) is 27.7 Å². The minimum absolute atomic E-state index is 0.706. The highest BCUT2D eigenvalue weighted by atomic mass is 15.2. The van der Waals surface area contributed by atoms with Crippen LogP contribution in [0.3, 0.4) is 0 Å². The van der Waals surface area contributed by atoms with Crippen molar-refractivity contribution in [2.75, 3.05) is 0 Å². The van der Waals surface area contributed by atoms with Crippen LogP contribution in [0.5, 0.6) is 0 Å². The molecule has 0 spiro atoms. The number of rotatable bonds is 3. The van der Waals surface area contributed by atoms with Gasteiger partial charge >= 0.3 is 0 Å². The van der Waals surface area contributed by atoms with Crippen molar-refractivity contribution < 1.29 is 0 Å². The zero-order valence-corrected chi connectivity index (χ0v) is 10.7. The zero-order chi connectivity index (χ0) is 10.9. The maximum Gasteiger partial charge on any atom is 0.0125 e. The smallest absolute Gasteiger partial charge is 0.0125 e. The topological polar surface area (TPSA) is 3.24 Å². The molecule has 84 valence electrons. The normalized spacial score (nSPS) is 29.8. The Morgan fingerprint density at radius 3 is 1.36 bits per heavy atom. The van der Waals surface area contributed by atoms with Crippen molar-refractivity contribution in [3.05, 3.63) is 0 Å². The lowest BCUT2D eigenvalue weighted by Gasteiger charge is -2.37. The molecule has 1 heterocycles. The van der Waals surface area contributed by atoms with Gasteiger partial charge in [-0.2, -0.15) is 0 Å². The lowest BCUT2D eigenvalue weighted by molar-refractivity contribution is 0.0959. The van der Waals surface area contributed by atoms with Crippen molar-refractivity contribution in [1.29, 1.82) is 0 Å². The Bertz CT molecular complexity index is 156. The second-order valence-electron chi connectivity index (χ2n) is 5.74. The summed E-state index contributed by atoms with van der Waals surface area (Å²) in [6.07, 6.45) is 2.80. The van der Waals surface area contributed by atoms with Gasteiger partial charge in [0.1, 0.15) is 0 Å². The van der Waals surface area contributed by atoms with Crippen molar-refractivity contribution in [3.8, 4) is 0 Å². The van der Waals surface area contributed by atoms with Gasteiger partial charge in [0.05, 0.1) is 0 Å². The molecule has 1 fully saturated rings. The molecule has 0 bridgehead atoms. The Morgan fingerprint density at radius 2 is 1.14 bits per heavy atom. The average molecular weight is 197 g/mol. The van der Waals surface area contributed by atoms with E-state index in [2.05, 4.69) is 46.4 Å². The molecule has 1 rings (SSSR count). The summed E-state index contributed by atoms with van der Waals surface area (Å²) in [4.78, 5) is 2.76. The van der Waals surface area contributed by atoms with Gasteiger partial charge in [-0.25, -0.2) is 0 Å². The summed E-state index contributed by atoms with van der Waals surface area (Å²) < 4.78 is 0. The summed E-state index contributed by atoms with van der Waals surface area (Å²) >= 11 is 0. The summed E-state index contributed by atoms with van der Waals surface area (Å²) in [5.74, 6) is 1.61. The van der Waals surface area contributed by atoms with Crippen LogP contribution < -0.4 is 0 Å². The largest absolute Gasteiger partial charge is 0.295 e. The van der Waals surface area contributed by atoms with Gasteiger partial charge in [0.25, 0.3) is 0 Å². The van der Waals surface area contributed by atoms with Crippen LogP contribution in [0, 0.1) is 11.8 Å². The summed E-state index contributed by atoms with van der Waals surface area (Å²) in [6, 6.07) is 2.35. The maximum absolute atomic E-state index is 2.76. The Balaban J connectivity index is 2.74. The molecule has 14 heavy (non-hydrogen) atoms. The van der Waals surface area contributed by atoms with Crippen molar-refractivity contribution in [3.63, 3.8) is 0 Å². The van der Waals surface area contributed by atoms with Crippen molar-refractivity contribution in [2.45, 2.75) is 72.5 Å². The lowest BCUT2D eigenvalue weighted by Crippen LogP contribution is -2.45. The van der Waals surface area contributed by atoms with E-state index in [9.17, 15) is 0 Å². The van der Waals surface area contributed by atoms with Crippen LogP contribution in [-0.2, 0) is 0 Å². The highest BCUT2D eigenvalue weighted by Gasteiger charge is 2.37. The summed E-state index contributed by atoms with van der Waals surface area (Å²) in [5.41, 5.74) is 0. The van der Waals surface area contributed by atoms with E-state index in [-0.39, 0.29) is 0 Å². The fourth-order valence-corrected chi connectivity index (χ4v) is 3.01. The van der Waals surface area contributed by atoms with Crippen LogP contribution in [-0.4, -0.2) is 23.0 Å². The molecule has 1 heteroatoms. The summed E-state index contributed by atoms with van der Waals surface area (Å²) in [6.45, 7) is 14.1. The second-order valence-corrected chi connectivity index (χ2v) is 5.74. The molecule has 0 aromatic heterocycles. The predicted molar refractivity (Wildman–Crippen MR) is 63.5 cm³/mol. The van der Waals surface area contributed by atoms with Gasteiger partial charge in [-0.3, -0.25) is 4.90 Å². The SMILES string of the molecule is CC(C)[C@H]1CC[C@@H](C(C)C)N1C(C)C. The molecule has 2 atom stereocenters. The van der Waals surface area contributed by atoms with E-state index < -0.39 is 0 Å². The molecule has 0 aromatic rings. The molecule has 0 aromatic carbocycles. The van der Waals surface area contributed by atoms with Crippen LogP contribution in [0.4, 0.5) is 0 Å². The van der Waals surface area contributed by atoms with Crippen LogP contribution in [0.2, 0.25) is 0 Å². The van der Waals surface area contributed by atoms with E-state index in [1.165, 1.54) is 12.8 Å². The van der Waals surface area contributed by atoms with E-state index in [4.69, 9.17) is 0 Å². The highest BCUT2D eigenvalue weighted by Crippen LogP contribution is 2.34.